The highest BCUT2D eigenvalue weighted by molar-refractivity contribution is 9.09. The summed E-state index contributed by atoms with van der Waals surface area (Å²) in [7, 11) is -1.86. The van der Waals surface area contributed by atoms with E-state index >= 15 is 0 Å². The van der Waals surface area contributed by atoms with E-state index in [1.165, 1.54) is 4.31 Å². The number of benzene rings is 1. The lowest BCUT2D eigenvalue weighted by atomic mass is 9.85. The Balaban J connectivity index is 2.13. The Labute approximate surface area is 121 Å². The Morgan fingerprint density at radius 2 is 2.00 bits per heavy atom. The van der Waals surface area contributed by atoms with Crippen molar-refractivity contribution in [3.8, 4) is 0 Å². The molecular weight excluding hydrogens is 338 g/mol. The molecule has 1 saturated carbocycles. The highest BCUT2D eigenvalue weighted by Crippen LogP contribution is 2.34. The van der Waals surface area contributed by atoms with Gasteiger partial charge in [0.25, 0.3) is 0 Å². The topological polar surface area (TPSA) is 37.4 Å². The monoisotopic (exact) mass is 351 g/mol. The number of sulfonamides is 1. The maximum Gasteiger partial charge on any atom is 0.244 e. The van der Waals surface area contributed by atoms with Crippen LogP contribution in [0.15, 0.2) is 29.2 Å². The van der Waals surface area contributed by atoms with Crippen molar-refractivity contribution >= 4 is 37.6 Å². The number of hydrogen-bond donors (Lipinski definition) is 0. The molecule has 1 aliphatic rings. The molecule has 0 bridgehead atoms. The van der Waals surface area contributed by atoms with E-state index in [9.17, 15) is 8.42 Å². The van der Waals surface area contributed by atoms with E-state index in [0.717, 1.165) is 12.8 Å². The Bertz CT molecular complexity index is 529. The van der Waals surface area contributed by atoms with E-state index in [2.05, 4.69) is 15.9 Å². The normalized spacial score (nSPS) is 24.0. The van der Waals surface area contributed by atoms with Gasteiger partial charge in [-0.15, -0.1) is 0 Å². The van der Waals surface area contributed by atoms with Gasteiger partial charge in [0.2, 0.25) is 10.0 Å². The van der Waals surface area contributed by atoms with Gasteiger partial charge in [-0.05, 0) is 30.9 Å². The standard InChI is InChI=1S/C12H15BrClNO2S/c1-15(8-9-6-10(13)7-9)18(16,17)12-5-3-2-4-11(12)14/h2-5,9-10H,6-8H2,1H3. The second kappa shape index (κ2) is 5.49. The van der Waals surface area contributed by atoms with Crippen molar-refractivity contribution < 1.29 is 8.42 Å². The van der Waals surface area contributed by atoms with Gasteiger partial charge in [0.05, 0.1) is 5.02 Å². The van der Waals surface area contributed by atoms with Gasteiger partial charge in [0, 0.05) is 18.4 Å². The van der Waals surface area contributed by atoms with Crippen LogP contribution in [-0.4, -0.2) is 31.1 Å². The molecule has 0 atom stereocenters. The van der Waals surface area contributed by atoms with Crippen LogP contribution in [0.25, 0.3) is 0 Å². The third-order valence-corrected chi connectivity index (χ3v) is 6.29. The number of rotatable bonds is 4. The zero-order valence-corrected chi connectivity index (χ0v) is 13.2. The highest BCUT2D eigenvalue weighted by atomic mass is 79.9. The van der Waals surface area contributed by atoms with Crippen molar-refractivity contribution in [2.24, 2.45) is 5.92 Å². The first-order chi connectivity index (χ1) is 8.41. The lowest BCUT2D eigenvalue weighted by Gasteiger charge is -2.34. The molecule has 1 aromatic carbocycles. The zero-order chi connectivity index (χ0) is 13.3. The third-order valence-electron chi connectivity index (χ3n) is 3.22. The Hall–Kier alpha value is -0.100. The molecule has 1 aliphatic carbocycles. The van der Waals surface area contributed by atoms with Crippen molar-refractivity contribution in [3.05, 3.63) is 29.3 Å². The summed E-state index contributed by atoms with van der Waals surface area (Å²) in [5.74, 6) is 0.441. The summed E-state index contributed by atoms with van der Waals surface area (Å²) in [4.78, 5) is 0.725. The third kappa shape index (κ3) is 2.90. The quantitative estimate of drug-likeness (QED) is 0.781. The predicted octanol–water partition coefficient (Wildman–Crippen LogP) is 3.13. The van der Waals surface area contributed by atoms with Gasteiger partial charge < -0.3 is 0 Å². The molecule has 18 heavy (non-hydrogen) atoms. The molecule has 0 aliphatic heterocycles. The van der Waals surface area contributed by atoms with Crippen LogP contribution in [0.3, 0.4) is 0 Å². The maximum absolute atomic E-state index is 12.3. The van der Waals surface area contributed by atoms with E-state index < -0.39 is 10.0 Å². The molecule has 3 nitrogen and oxygen atoms in total. The number of hydrogen-bond acceptors (Lipinski definition) is 2. The van der Waals surface area contributed by atoms with Crippen molar-refractivity contribution in [2.75, 3.05) is 13.6 Å². The Morgan fingerprint density at radius 3 is 2.56 bits per heavy atom. The zero-order valence-electron chi connectivity index (χ0n) is 10.0. The molecule has 1 fully saturated rings. The average Bonchev–Trinajstić information content (AvgIpc) is 2.27. The molecule has 1 aromatic rings. The Morgan fingerprint density at radius 1 is 1.39 bits per heavy atom. The molecular formula is C12H15BrClNO2S. The smallest absolute Gasteiger partial charge is 0.207 e. The van der Waals surface area contributed by atoms with Gasteiger partial charge in [-0.2, -0.15) is 0 Å². The first-order valence-electron chi connectivity index (χ1n) is 5.76. The molecule has 100 valence electrons. The number of nitrogens with zero attached hydrogens (tertiary/aromatic N) is 1. The molecule has 0 amide bonds. The number of alkyl halides is 1. The fourth-order valence-corrected chi connectivity index (χ4v) is 4.88. The van der Waals surface area contributed by atoms with E-state index in [-0.39, 0.29) is 9.92 Å². The van der Waals surface area contributed by atoms with E-state index in [1.807, 2.05) is 0 Å². The van der Waals surface area contributed by atoms with Crippen LogP contribution in [0.4, 0.5) is 0 Å². The minimum Gasteiger partial charge on any atom is -0.207 e. The summed E-state index contributed by atoms with van der Waals surface area (Å²) in [5, 5.41) is 0.274. The molecule has 0 unspecified atom stereocenters. The van der Waals surface area contributed by atoms with Gasteiger partial charge in [0.1, 0.15) is 4.90 Å². The highest BCUT2D eigenvalue weighted by Gasteiger charge is 2.32. The summed E-state index contributed by atoms with van der Waals surface area (Å²) in [5.41, 5.74) is 0. The fraction of sp³-hybridized carbons (Fsp3) is 0.500. The van der Waals surface area contributed by atoms with Crippen LogP contribution in [0.1, 0.15) is 12.8 Å². The first kappa shape index (κ1) is 14.3. The average molecular weight is 353 g/mol. The lowest BCUT2D eigenvalue weighted by molar-refractivity contribution is 0.275. The largest absolute Gasteiger partial charge is 0.244 e. The molecule has 0 N–H and O–H groups in total. The minimum absolute atomic E-state index is 0.184. The van der Waals surface area contributed by atoms with Crippen molar-refractivity contribution in [2.45, 2.75) is 22.6 Å². The molecule has 0 saturated heterocycles. The lowest BCUT2D eigenvalue weighted by Crippen LogP contribution is -2.37. The van der Waals surface area contributed by atoms with E-state index in [4.69, 9.17) is 11.6 Å². The van der Waals surface area contributed by atoms with E-state index in [1.54, 1.807) is 31.3 Å². The molecule has 0 spiro atoms. The summed E-state index contributed by atoms with van der Waals surface area (Å²) in [6.07, 6.45) is 2.06. The first-order valence-corrected chi connectivity index (χ1v) is 8.49. The van der Waals surface area contributed by atoms with Crippen LogP contribution in [0, 0.1) is 5.92 Å². The van der Waals surface area contributed by atoms with Gasteiger partial charge in [-0.3, -0.25) is 0 Å². The predicted molar refractivity (Wildman–Crippen MR) is 76.7 cm³/mol. The van der Waals surface area contributed by atoms with Crippen LogP contribution >= 0.6 is 27.5 Å². The molecule has 6 heteroatoms. The number of halogens is 2. The molecule has 0 aromatic heterocycles. The summed E-state index contributed by atoms with van der Waals surface area (Å²) in [6.45, 7) is 0.551. The van der Waals surface area contributed by atoms with Crippen LogP contribution in [0.5, 0.6) is 0 Å². The minimum atomic E-state index is -3.47. The summed E-state index contributed by atoms with van der Waals surface area (Å²) < 4.78 is 26.1. The van der Waals surface area contributed by atoms with Gasteiger partial charge in [-0.1, -0.05) is 39.7 Å². The van der Waals surface area contributed by atoms with Gasteiger partial charge in [0.15, 0.2) is 0 Å². The Kier molecular flexibility index (Phi) is 4.36. The second-order valence-electron chi connectivity index (χ2n) is 4.65. The van der Waals surface area contributed by atoms with Crippen molar-refractivity contribution in [1.82, 2.24) is 4.31 Å². The summed E-state index contributed by atoms with van der Waals surface area (Å²) in [6, 6.07) is 6.55. The SMILES string of the molecule is CN(CC1CC(Br)C1)S(=O)(=O)c1ccccc1Cl. The molecule has 0 heterocycles. The summed E-state index contributed by atoms with van der Waals surface area (Å²) >= 11 is 9.46. The maximum atomic E-state index is 12.3. The van der Waals surface area contributed by atoms with Crippen LogP contribution in [0.2, 0.25) is 5.02 Å². The molecule has 2 rings (SSSR count). The van der Waals surface area contributed by atoms with Gasteiger partial charge >= 0.3 is 0 Å². The fourth-order valence-electron chi connectivity index (χ4n) is 2.09. The van der Waals surface area contributed by atoms with Crippen molar-refractivity contribution in [3.63, 3.8) is 0 Å². The van der Waals surface area contributed by atoms with Crippen LogP contribution in [-0.2, 0) is 10.0 Å². The molecule has 0 radical (unpaired) electrons. The van der Waals surface area contributed by atoms with Crippen LogP contribution < -0.4 is 0 Å². The second-order valence-corrected chi connectivity index (χ2v) is 8.37. The van der Waals surface area contributed by atoms with Gasteiger partial charge in [-0.25, -0.2) is 12.7 Å². The van der Waals surface area contributed by atoms with E-state index in [0.29, 0.717) is 17.3 Å². The van der Waals surface area contributed by atoms with Crippen molar-refractivity contribution in [1.29, 1.82) is 0 Å².